The van der Waals surface area contributed by atoms with Gasteiger partial charge in [-0.05, 0) is 66.1 Å². The van der Waals surface area contributed by atoms with Gasteiger partial charge in [-0.3, -0.25) is 5.32 Å². The van der Waals surface area contributed by atoms with Gasteiger partial charge in [-0.2, -0.15) is 5.26 Å². The number of aliphatic hydroxyl groups excluding tert-OH is 1. The van der Waals surface area contributed by atoms with E-state index in [2.05, 4.69) is 16.3 Å². The number of β-amino-alcohol motifs (C(OH)–C–C–N with tert-alkyl or cyclic N) is 1. The van der Waals surface area contributed by atoms with Crippen LogP contribution in [0.3, 0.4) is 0 Å². The molecule has 2 atom stereocenters. The van der Waals surface area contributed by atoms with Gasteiger partial charge in [-0.15, -0.1) is 0 Å². The highest BCUT2D eigenvalue weighted by atomic mass is 19.1. The highest BCUT2D eigenvalue weighted by Crippen LogP contribution is 2.39. The zero-order valence-corrected chi connectivity index (χ0v) is 20.4. The molecule has 1 aromatic heterocycles. The number of piperidine rings is 1. The van der Waals surface area contributed by atoms with Crippen LogP contribution in [-0.4, -0.2) is 45.8 Å². The molecule has 37 heavy (non-hydrogen) atoms. The Labute approximate surface area is 214 Å². The third-order valence-corrected chi connectivity index (χ3v) is 7.20. The lowest BCUT2D eigenvalue weighted by Gasteiger charge is -2.35. The van der Waals surface area contributed by atoms with Crippen molar-refractivity contribution in [2.75, 3.05) is 25.5 Å². The second-order valence-electron chi connectivity index (χ2n) is 9.62. The number of imidazole rings is 1. The first-order valence-electron chi connectivity index (χ1n) is 12.3. The molecule has 0 aliphatic carbocycles. The van der Waals surface area contributed by atoms with E-state index < -0.39 is 6.10 Å². The van der Waals surface area contributed by atoms with Crippen molar-refractivity contribution in [1.82, 2.24) is 14.5 Å². The molecule has 0 spiro atoms. The molecule has 4 aromatic rings. The summed E-state index contributed by atoms with van der Waals surface area (Å²) >= 11 is 0. The van der Waals surface area contributed by atoms with Crippen LogP contribution in [0.25, 0.3) is 22.7 Å². The highest BCUT2D eigenvalue weighted by molar-refractivity contribution is 5.96. The Morgan fingerprint density at radius 1 is 1.16 bits per heavy atom. The molecule has 186 valence electrons. The number of halogens is 1. The molecule has 2 N–H and O–H groups in total. The lowest BCUT2D eigenvalue weighted by atomic mass is 9.92. The van der Waals surface area contributed by atoms with Gasteiger partial charge in [0.05, 0.1) is 23.2 Å². The average Bonchev–Trinajstić information content (AvgIpc) is 3.16. The van der Waals surface area contributed by atoms with Gasteiger partial charge in [0.25, 0.3) is 0 Å². The summed E-state index contributed by atoms with van der Waals surface area (Å²) in [7, 11) is 1.99. The first-order chi connectivity index (χ1) is 18.0. The van der Waals surface area contributed by atoms with Crippen LogP contribution >= 0.6 is 0 Å². The van der Waals surface area contributed by atoms with E-state index in [9.17, 15) is 14.8 Å². The van der Waals surface area contributed by atoms with Gasteiger partial charge in [0.15, 0.2) is 6.19 Å². The predicted molar refractivity (Wildman–Crippen MR) is 140 cm³/mol. The van der Waals surface area contributed by atoms with E-state index in [1.165, 1.54) is 12.1 Å². The number of aromatic nitrogens is 2. The van der Waals surface area contributed by atoms with Gasteiger partial charge in [0.1, 0.15) is 18.2 Å². The fourth-order valence-corrected chi connectivity index (χ4v) is 5.43. The van der Waals surface area contributed by atoms with Crippen LogP contribution in [-0.2, 0) is 6.61 Å². The minimum absolute atomic E-state index is 0.186. The molecule has 0 amide bonds. The highest BCUT2D eigenvalue weighted by Gasteiger charge is 2.30. The van der Waals surface area contributed by atoms with Crippen LogP contribution < -0.4 is 10.1 Å². The number of hydrogen-bond acceptors (Lipinski definition) is 6. The summed E-state index contributed by atoms with van der Waals surface area (Å²) in [6, 6.07) is 18.4. The number of ether oxygens (including phenoxy) is 1. The van der Waals surface area contributed by atoms with Crippen LogP contribution in [0.2, 0.25) is 0 Å². The van der Waals surface area contributed by atoms with Gasteiger partial charge < -0.3 is 19.3 Å². The molecule has 0 saturated carbocycles. The Bertz CT molecular complexity index is 1570. The van der Waals surface area contributed by atoms with E-state index in [-0.39, 0.29) is 11.9 Å². The van der Waals surface area contributed by atoms with Crippen LogP contribution in [0.4, 0.5) is 10.3 Å². The Morgan fingerprint density at radius 3 is 2.86 bits per heavy atom. The van der Waals surface area contributed by atoms with Crippen LogP contribution in [0.15, 0.2) is 60.7 Å². The third kappa shape index (κ3) is 4.22. The maximum Gasteiger partial charge on any atom is 0.217 e. The SMILES string of the molecule is CN1CC[C@H](n2c(NC#N)nc3cc(C=C4c5ccccc5COc5cc(F)ccc54)ccc32)[C@@H](O)C1. The van der Waals surface area contributed by atoms with Crippen molar-refractivity contribution in [3.63, 3.8) is 0 Å². The van der Waals surface area contributed by atoms with E-state index in [0.717, 1.165) is 51.8 Å². The average molecular weight is 496 g/mol. The van der Waals surface area contributed by atoms with Gasteiger partial charge in [-0.25, -0.2) is 9.37 Å². The number of rotatable bonds is 3. The van der Waals surface area contributed by atoms with E-state index in [0.29, 0.717) is 24.8 Å². The predicted octanol–water partition coefficient (Wildman–Crippen LogP) is 4.79. The van der Waals surface area contributed by atoms with Crippen molar-refractivity contribution >= 4 is 28.6 Å². The van der Waals surface area contributed by atoms with Gasteiger partial charge in [-0.1, -0.05) is 30.3 Å². The van der Waals surface area contributed by atoms with E-state index >= 15 is 0 Å². The van der Waals surface area contributed by atoms with Crippen molar-refractivity contribution in [2.24, 2.45) is 0 Å². The second-order valence-corrected chi connectivity index (χ2v) is 9.62. The zero-order valence-electron chi connectivity index (χ0n) is 20.4. The minimum Gasteiger partial charge on any atom is -0.488 e. The Hall–Kier alpha value is -4.19. The van der Waals surface area contributed by atoms with Crippen molar-refractivity contribution in [1.29, 1.82) is 5.26 Å². The summed E-state index contributed by atoms with van der Waals surface area (Å²) in [5, 5.41) is 22.9. The largest absolute Gasteiger partial charge is 0.488 e. The van der Waals surface area contributed by atoms with Crippen molar-refractivity contribution in [3.05, 3.63) is 88.7 Å². The molecule has 1 fully saturated rings. The third-order valence-electron chi connectivity index (χ3n) is 7.20. The minimum atomic E-state index is -0.573. The first-order valence-corrected chi connectivity index (χ1v) is 12.3. The quantitative estimate of drug-likeness (QED) is 0.314. The molecule has 6 rings (SSSR count). The van der Waals surface area contributed by atoms with Crippen molar-refractivity contribution in [2.45, 2.75) is 25.2 Å². The lowest BCUT2D eigenvalue weighted by Crippen LogP contribution is -2.42. The maximum atomic E-state index is 14.0. The number of likely N-dealkylation sites (N-methyl/N-ethyl adjacent to an activating group) is 1. The molecule has 0 radical (unpaired) electrons. The summed E-state index contributed by atoms with van der Waals surface area (Å²) in [6.07, 6.45) is 4.22. The Kier molecular flexibility index (Phi) is 5.87. The van der Waals surface area contributed by atoms with Crippen molar-refractivity contribution in [3.8, 4) is 11.9 Å². The molecule has 7 nitrogen and oxygen atoms in total. The monoisotopic (exact) mass is 495 g/mol. The van der Waals surface area contributed by atoms with Gasteiger partial charge in [0, 0.05) is 24.7 Å². The molecule has 1 saturated heterocycles. The fraction of sp³-hybridized carbons (Fsp3) is 0.241. The molecule has 8 heteroatoms. The number of nitriles is 1. The molecular formula is C29H26FN5O2. The smallest absolute Gasteiger partial charge is 0.217 e. The summed E-state index contributed by atoms with van der Waals surface area (Å²) in [6.45, 7) is 1.76. The van der Waals surface area contributed by atoms with Crippen LogP contribution in [0, 0.1) is 17.3 Å². The Morgan fingerprint density at radius 2 is 2.03 bits per heavy atom. The molecule has 2 aliphatic heterocycles. The number of anilines is 1. The molecule has 3 aromatic carbocycles. The molecule has 0 bridgehead atoms. The molecule has 2 aliphatic rings. The number of aliphatic hydroxyl groups is 1. The summed E-state index contributed by atoms with van der Waals surface area (Å²) in [4.78, 5) is 6.80. The zero-order chi connectivity index (χ0) is 25.5. The van der Waals surface area contributed by atoms with E-state index in [1.54, 1.807) is 6.07 Å². The number of fused-ring (bicyclic) bond motifs is 3. The van der Waals surface area contributed by atoms with Gasteiger partial charge >= 0.3 is 0 Å². The topological polar surface area (TPSA) is 86.3 Å². The van der Waals surface area contributed by atoms with Gasteiger partial charge in [0.2, 0.25) is 5.95 Å². The molecule has 3 heterocycles. The number of likely N-dealkylation sites (tertiary alicyclic amines) is 1. The summed E-state index contributed by atoms with van der Waals surface area (Å²) < 4.78 is 21.9. The standard InChI is InChI=1S/C29H26FN5O2/c1-34-11-10-26(27(36)15-34)35-25-9-6-18(13-24(25)33-29(35)32-17-31)12-23-21-5-3-2-4-19(21)16-37-28-14-20(30)7-8-22(23)28/h2-9,12-14,26-27,36H,10-11,15-16H2,1H3,(H,32,33)/t26-,27-/m0/s1. The fourth-order valence-electron chi connectivity index (χ4n) is 5.43. The number of benzene rings is 3. The normalized spacial score (nSPS) is 20.5. The number of hydrogen-bond donors (Lipinski definition) is 2. The second kappa shape index (κ2) is 9.36. The number of nitrogens with one attached hydrogen (secondary N) is 1. The lowest BCUT2D eigenvalue weighted by molar-refractivity contribution is 0.0403. The first kappa shape index (κ1) is 23.2. The van der Waals surface area contributed by atoms with Crippen molar-refractivity contribution < 1.29 is 14.2 Å². The summed E-state index contributed by atoms with van der Waals surface area (Å²) in [5.41, 5.74) is 6.27. The summed E-state index contributed by atoms with van der Waals surface area (Å²) in [5.74, 6) is 0.583. The molecular weight excluding hydrogens is 469 g/mol. The van der Waals surface area contributed by atoms with Crippen LogP contribution in [0.1, 0.15) is 34.7 Å². The van der Waals surface area contributed by atoms with Crippen LogP contribution in [0.5, 0.6) is 5.75 Å². The number of nitrogens with zero attached hydrogens (tertiary/aromatic N) is 4. The molecule has 0 unspecified atom stereocenters. The Balaban J connectivity index is 1.48. The van der Waals surface area contributed by atoms with E-state index in [1.807, 2.05) is 60.3 Å². The maximum absolute atomic E-state index is 14.0. The van der Waals surface area contributed by atoms with E-state index in [4.69, 9.17) is 9.72 Å².